The van der Waals surface area contributed by atoms with Crippen LogP contribution >= 0.6 is 35.3 Å². The van der Waals surface area contributed by atoms with Crippen molar-refractivity contribution in [1.29, 1.82) is 0 Å². The van der Waals surface area contributed by atoms with Crippen molar-refractivity contribution in [1.82, 2.24) is 10.6 Å². The standard InChI is InChI=1S/C17H29N3OS.HI/c1-3-21-12-11-19-16(18-2)20-14-17(9-5-4-6-10-17)15-8-7-13-22-15;/h7-8,13H,3-6,9-12,14H2,1-2H3,(H2,18,19,20);1H. The van der Waals surface area contributed by atoms with E-state index in [4.69, 9.17) is 4.74 Å². The Balaban J connectivity index is 0.00000264. The van der Waals surface area contributed by atoms with Crippen LogP contribution in [0.15, 0.2) is 22.5 Å². The van der Waals surface area contributed by atoms with E-state index in [1.165, 1.54) is 37.0 Å². The number of halogens is 1. The van der Waals surface area contributed by atoms with Crippen LogP contribution in [0.3, 0.4) is 0 Å². The first kappa shape index (κ1) is 20.7. The third-order valence-electron chi connectivity index (χ3n) is 4.42. The summed E-state index contributed by atoms with van der Waals surface area (Å²) in [4.78, 5) is 5.84. The summed E-state index contributed by atoms with van der Waals surface area (Å²) in [7, 11) is 1.83. The lowest BCUT2D eigenvalue weighted by Crippen LogP contribution is -2.46. The lowest BCUT2D eigenvalue weighted by Gasteiger charge is -2.37. The van der Waals surface area contributed by atoms with Crippen molar-refractivity contribution in [2.24, 2.45) is 4.99 Å². The second-order valence-corrected chi connectivity index (χ2v) is 6.82. The van der Waals surface area contributed by atoms with Gasteiger partial charge < -0.3 is 15.4 Å². The second-order valence-electron chi connectivity index (χ2n) is 5.87. The Hall–Kier alpha value is -0.340. The molecule has 4 nitrogen and oxygen atoms in total. The minimum atomic E-state index is 0. The van der Waals surface area contributed by atoms with Crippen LogP contribution in [0.2, 0.25) is 0 Å². The molecule has 0 amide bonds. The number of rotatable bonds is 7. The van der Waals surface area contributed by atoms with Crippen LogP contribution in [0.5, 0.6) is 0 Å². The van der Waals surface area contributed by atoms with Crippen LogP contribution < -0.4 is 10.6 Å². The highest BCUT2D eigenvalue weighted by atomic mass is 127. The Bertz CT molecular complexity index is 445. The molecule has 0 atom stereocenters. The van der Waals surface area contributed by atoms with Gasteiger partial charge in [0.05, 0.1) is 6.61 Å². The molecule has 0 spiro atoms. The second kappa shape index (κ2) is 11.3. The number of nitrogens with one attached hydrogen (secondary N) is 2. The summed E-state index contributed by atoms with van der Waals surface area (Å²) in [5, 5.41) is 9.05. The molecule has 0 aliphatic heterocycles. The lowest BCUT2D eigenvalue weighted by atomic mass is 9.73. The van der Waals surface area contributed by atoms with Gasteiger partial charge in [-0.1, -0.05) is 25.3 Å². The molecule has 2 rings (SSSR count). The summed E-state index contributed by atoms with van der Waals surface area (Å²) in [5.41, 5.74) is 0.282. The first-order valence-electron chi connectivity index (χ1n) is 8.37. The predicted octanol–water partition coefficient (Wildman–Crippen LogP) is 3.77. The molecular formula is C17H30IN3OS. The fourth-order valence-corrected chi connectivity index (χ4v) is 4.17. The van der Waals surface area contributed by atoms with Crippen molar-refractivity contribution < 1.29 is 4.74 Å². The summed E-state index contributed by atoms with van der Waals surface area (Å²) in [6, 6.07) is 4.47. The summed E-state index contributed by atoms with van der Waals surface area (Å²) in [5.74, 6) is 0.876. The number of hydrogen-bond donors (Lipinski definition) is 2. The van der Waals surface area contributed by atoms with E-state index in [0.29, 0.717) is 6.61 Å². The molecule has 0 saturated heterocycles. The van der Waals surface area contributed by atoms with Crippen molar-refractivity contribution >= 4 is 41.3 Å². The number of nitrogens with zero attached hydrogens (tertiary/aromatic N) is 1. The molecule has 1 saturated carbocycles. The molecule has 1 heterocycles. The van der Waals surface area contributed by atoms with Gasteiger partial charge in [0, 0.05) is 37.0 Å². The van der Waals surface area contributed by atoms with Gasteiger partial charge in [0.15, 0.2) is 5.96 Å². The minimum absolute atomic E-state index is 0. The highest BCUT2D eigenvalue weighted by Crippen LogP contribution is 2.40. The number of thiophene rings is 1. The lowest BCUT2D eigenvalue weighted by molar-refractivity contribution is 0.152. The molecule has 1 aromatic rings. The van der Waals surface area contributed by atoms with Crippen LogP contribution in [0.25, 0.3) is 0 Å². The number of ether oxygens (including phenoxy) is 1. The number of aliphatic imine (C=N–C) groups is 1. The molecule has 23 heavy (non-hydrogen) atoms. The third kappa shape index (κ3) is 6.23. The summed E-state index contributed by atoms with van der Waals surface area (Å²) >= 11 is 1.89. The van der Waals surface area contributed by atoms with Gasteiger partial charge in [-0.25, -0.2) is 0 Å². The van der Waals surface area contributed by atoms with Gasteiger partial charge in [-0.2, -0.15) is 0 Å². The fourth-order valence-electron chi connectivity index (χ4n) is 3.18. The maximum Gasteiger partial charge on any atom is 0.191 e. The Morgan fingerprint density at radius 2 is 2.09 bits per heavy atom. The molecule has 1 aliphatic rings. The van der Waals surface area contributed by atoms with Crippen LogP contribution in [-0.2, 0) is 10.2 Å². The van der Waals surface area contributed by atoms with Crippen molar-refractivity contribution in [2.75, 3.05) is 33.4 Å². The highest BCUT2D eigenvalue weighted by molar-refractivity contribution is 14.0. The Kier molecular flexibility index (Phi) is 10.1. The maximum atomic E-state index is 5.36. The van der Waals surface area contributed by atoms with Crippen molar-refractivity contribution in [3.63, 3.8) is 0 Å². The smallest absolute Gasteiger partial charge is 0.191 e. The molecule has 132 valence electrons. The van der Waals surface area contributed by atoms with Gasteiger partial charge in [-0.15, -0.1) is 35.3 Å². The van der Waals surface area contributed by atoms with E-state index in [0.717, 1.165) is 25.7 Å². The Labute approximate surface area is 161 Å². The molecule has 0 unspecified atom stereocenters. The highest BCUT2D eigenvalue weighted by Gasteiger charge is 2.34. The van der Waals surface area contributed by atoms with Crippen molar-refractivity contribution in [3.05, 3.63) is 22.4 Å². The zero-order chi connectivity index (χ0) is 15.7. The molecule has 2 N–H and O–H groups in total. The molecule has 1 aliphatic carbocycles. The summed E-state index contributed by atoms with van der Waals surface area (Å²) < 4.78 is 5.36. The van der Waals surface area contributed by atoms with Crippen LogP contribution in [-0.4, -0.2) is 39.3 Å². The average molecular weight is 451 g/mol. The van der Waals surface area contributed by atoms with Gasteiger partial charge in [-0.3, -0.25) is 4.99 Å². The Morgan fingerprint density at radius 3 is 2.70 bits per heavy atom. The third-order valence-corrected chi connectivity index (χ3v) is 5.53. The average Bonchev–Trinajstić information content (AvgIpc) is 3.10. The molecule has 1 fully saturated rings. The fraction of sp³-hybridized carbons (Fsp3) is 0.706. The van der Waals surface area contributed by atoms with E-state index in [9.17, 15) is 0 Å². The van der Waals surface area contributed by atoms with E-state index >= 15 is 0 Å². The topological polar surface area (TPSA) is 45.6 Å². The predicted molar refractivity (Wildman–Crippen MR) is 110 cm³/mol. The molecule has 6 heteroatoms. The van der Waals surface area contributed by atoms with E-state index in [-0.39, 0.29) is 29.4 Å². The van der Waals surface area contributed by atoms with Crippen molar-refractivity contribution in [2.45, 2.75) is 44.4 Å². The van der Waals surface area contributed by atoms with Gasteiger partial charge in [0.25, 0.3) is 0 Å². The molecular weight excluding hydrogens is 421 g/mol. The van der Waals surface area contributed by atoms with Crippen LogP contribution in [0.1, 0.15) is 43.9 Å². The van der Waals surface area contributed by atoms with E-state index in [1.807, 2.05) is 25.3 Å². The van der Waals surface area contributed by atoms with Gasteiger partial charge in [0.2, 0.25) is 0 Å². The zero-order valence-corrected chi connectivity index (χ0v) is 17.4. The molecule has 1 aromatic heterocycles. The van der Waals surface area contributed by atoms with E-state index < -0.39 is 0 Å². The van der Waals surface area contributed by atoms with E-state index in [2.05, 4.69) is 33.1 Å². The zero-order valence-electron chi connectivity index (χ0n) is 14.3. The first-order chi connectivity index (χ1) is 10.8. The van der Waals surface area contributed by atoms with Gasteiger partial charge >= 0.3 is 0 Å². The monoisotopic (exact) mass is 451 g/mol. The number of hydrogen-bond acceptors (Lipinski definition) is 3. The summed E-state index contributed by atoms with van der Waals surface area (Å²) in [6.07, 6.45) is 6.58. The van der Waals surface area contributed by atoms with Crippen LogP contribution in [0, 0.1) is 0 Å². The normalized spacial score (nSPS) is 17.4. The van der Waals surface area contributed by atoms with E-state index in [1.54, 1.807) is 0 Å². The minimum Gasteiger partial charge on any atom is -0.380 e. The van der Waals surface area contributed by atoms with Crippen molar-refractivity contribution in [3.8, 4) is 0 Å². The largest absolute Gasteiger partial charge is 0.380 e. The summed E-state index contributed by atoms with van der Waals surface area (Å²) in [6.45, 7) is 5.24. The van der Waals surface area contributed by atoms with Gasteiger partial charge in [-0.05, 0) is 31.2 Å². The molecule has 0 radical (unpaired) electrons. The SMILES string of the molecule is CCOCCNC(=NC)NCC1(c2cccs2)CCCCC1.I. The first-order valence-corrected chi connectivity index (χ1v) is 9.25. The molecule has 0 bridgehead atoms. The van der Waals surface area contributed by atoms with Gasteiger partial charge in [0.1, 0.15) is 0 Å². The number of guanidine groups is 1. The maximum absolute atomic E-state index is 5.36. The quantitative estimate of drug-likeness (QED) is 0.287. The molecule has 0 aromatic carbocycles. The van der Waals surface area contributed by atoms with Crippen LogP contribution in [0.4, 0.5) is 0 Å². The Morgan fingerprint density at radius 1 is 1.30 bits per heavy atom.